The van der Waals surface area contributed by atoms with Gasteiger partial charge >= 0.3 is 5.97 Å². The number of carboxylic acid groups (broad SMARTS) is 1. The second kappa shape index (κ2) is 3.12. The van der Waals surface area contributed by atoms with Gasteiger partial charge in [-0.25, -0.2) is 4.98 Å². The Kier molecular flexibility index (Phi) is 2.06. The van der Waals surface area contributed by atoms with E-state index in [9.17, 15) is 4.79 Å². The summed E-state index contributed by atoms with van der Waals surface area (Å²) in [6, 6.07) is 0. The summed E-state index contributed by atoms with van der Waals surface area (Å²) in [5.41, 5.74) is 1.14. The minimum atomic E-state index is -0.717. The Morgan fingerprint density at radius 2 is 2.43 bits per heavy atom. The first-order chi connectivity index (χ1) is 6.59. The van der Waals surface area contributed by atoms with Crippen LogP contribution in [0.2, 0.25) is 0 Å². The van der Waals surface area contributed by atoms with E-state index in [1.54, 1.807) is 0 Å². The lowest BCUT2D eigenvalue weighted by Crippen LogP contribution is -2.15. The van der Waals surface area contributed by atoms with Crippen LogP contribution in [0.25, 0.3) is 0 Å². The zero-order valence-corrected chi connectivity index (χ0v) is 8.40. The number of hydrogen-bond donors (Lipinski definition) is 1. The van der Waals surface area contributed by atoms with Crippen molar-refractivity contribution in [3.8, 4) is 0 Å². The summed E-state index contributed by atoms with van der Waals surface area (Å²) in [6.07, 6.45) is 2.43. The van der Waals surface area contributed by atoms with Crippen LogP contribution in [0, 0.1) is 5.92 Å². The Morgan fingerprint density at radius 3 is 3.00 bits per heavy atom. The van der Waals surface area contributed by atoms with Gasteiger partial charge in [0.25, 0.3) is 0 Å². The molecule has 0 radical (unpaired) electrons. The van der Waals surface area contributed by atoms with E-state index in [-0.39, 0.29) is 5.92 Å². The topological polar surface area (TPSA) is 55.1 Å². The van der Waals surface area contributed by atoms with E-state index in [2.05, 4.69) is 18.8 Å². The van der Waals surface area contributed by atoms with Gasteiger partial charge < -0.3 is 9.67 Å². The molecule has 0 saturated carbocycles. The zero-order chi connectivity index (χ0) is 10.3. The number of fused-ring (bicyclic) bond motifs is 1. The molecule has 76 valence electrons. The van der Waals surface area contributed by atoms with Crippen LogP contribution in [0.4, 0.5) is 0 Å². The smallest absolute Gasteiger partial charge is 0.308 e. The van der Waals surface area contributed by atoms with Crippen molar-refractivity contribution in [2.24, 2.45) is 5.92 Å². The molecule has 0 saturated heterocycles. The van der Waals surface area contributed by atoms with E-state index >= 15 is 0 Å². The maximum atomic E-state index is 10.8. The lowest BCUT2D eigenvalue weighted by molar-refractivity contribution is -0.141. The summed E-state index contributed by atoms with van der Waals surface area (Å²) >= 11 is 0. The molecule has 0 aliphatic carbocycles. The molecule has 0 bridgehead atoms. The second-order valence-electron chi connectivity index (χ2n) is 4.10. The number of aromatic nitrogens is 2. The lowest BCUT2D eigenvalue weighted by atomic mass is 10.1. The number of hydrogen-bond acceptors (Lipinski definition) is 2. The van der Waals surface area contributed by atoms with Gasteiger partial charge in [0.2, 0.25) is 0 Å². The van der Waals surface area contributed by atoms with Gasteiger partial charge in [0.05, 0.1) is 5.92 Å². The van der Waals surface area contributed by atoms with E-state index in [0.717, 1.165) is 11.5 Å². The Hall–Kier alpha value is -1.32. The minimum Gasteiger partial charge on any atom is -0.481 e. The van der Waals surface area contributed by atoms with Gasteiger partial charge in [0.1, 0.15) is 5.82 Å². The number of carbonyl (C=O) groups is 1. The van der Waals surface area contributed by atoms with Crippen LogP contribution >= 0.6 is 0 Å². The van der Waals surface area contributed by atoms with Crippen LogP contribution in [-0.4, -0.2) is 20.6 Å². The SMILES string of the molecule is CC(C)c1cnc2n1CC(C(=O)O)C2. The molecule has 1 N–H and O–H groups in total. The number of imidazole rings is 1. The normalized spacial score (nSPS) is 20.1. The third-order valence-corrected chi connectivity index (χ3v) is 2.74. The van der Waals surface area contributed by atoms with E-state index in [4.69, 9.17) is 5.11 Å². The van der Waals surface area contributed by atoms with Crippen molar-refractivity contribution in [3.63, 3.8) is 0 Å². The van der Waals surface area contributed by atoms with Crippen LogP contribution in [0.1, 0.15) is 31.3 Å². The van der Waals surface area contributed by atoms with Crippen molar-refractivity contribution in [2.75, 3.05) is 0 Å². The maximum Gasteiger partial charge on any atom is 0.308 e. The largest absolute Gasteiger partial charge is 0.481 e. The van der Waals surface area contributed by atoms with Crippen LogP contribution < -0.4 is 0 Å². The van der Waals surface area contributed by atoms with E-state index < -0.39 is 5.97 Å². The summed E-state index contributed by atoms with van der Waals surface area (Å²) in [6.45, 7) is 4.77. The highest BCUT2D eigenvalue weighted by atomic mass is 16.4. The number of aliphatic carboxylic acids is 1. The molecule has 1 aliphatic rings. The van der Waals surface area contributed by atoms with Crippen molar-refractivity contribution >= 4 is 5.97 Å². The van der Waals surface area contributed by atoms with Gasteiger partial charge in [-0.15, -0.1) is 0 Å². The van der Waals surface area contributed by atoms with Crippen molar-refractivity contribution in [1.29, 1.82) is 0 Å². The second-order valence-corrected chi connectivity index (χ2v) is 4.10. The molecule has 0 fully saturated rings. The average molecular weight is 194 g/mol. The predicted octanol–water partition coefficient (Wildman–Crippen LogP) is 1.26. The molecular formula is C10H14N2O2. The zero-order valence-electron chi connectivity index (χ0n) is 8.40. The first-order valence-electron chi connectivity index (χ1n) is 4.86. The van der Waals surface area contributed by atoms with Gasteiger partial charge in [-0.2, -0.15) is 0 Å². The van der Waals surface area contributed by atoms with E-state index in [0.29, 0.717) is 18.9 Å². The summed E-state index contributed by atoms with van der Waals surface area (Å²) in [7, 11) is 0. The van der Waals surface area contributed by atoms with Crippen LogP contribution in [-0.2, 0) is 17.8 Å². The monoisotopic (exact) mass is 194 g/mol. The molecule has 14 heavy (non-hydrogen) atoms. The minimum absolute atomic E-state index is 0.281. The van der Waals surface area contributed by atoms with Gasteiger partial charge in [0.15, 0.2) is 0 Å². The molecule has 2 heterocycles. The third kappa shape index (κ3) is 1.31. The Bertz CT molecular complexity index is 368. The first-order valence-corrected chi connectivity index (χ1v) is 4.86. The fourth-order valence-electron chi connectivity index (χ4n) is 1.93. The number of nitrogens with zero attached hydrogens (tertiary/aromatic N) is 2. The molecule has 0 aromatic carbocycles. The van der Waals surface area contributed by atoms with Gasteiger partial charge in [0, 0.05) is 24.9 Å². The van der Waals surface area contributed by atoms with Crippen molar-refractivity contribution in [2.45, 2.75) is 32.7 Å². The van der Waals surface area contributed by atoms with E-state index in [1.807, 2.05) is 10.8 Å². The molecule has 4 heteroatoms. The van der Waals surface area contributed by atoms with Crippen molar-refractivity contribution in [3.05, 3.63) is 17.7 Å². The quantitative estimate of drug-likeness (QED) is 0.771. The van der Waals surface area contributed by atoms with Crippen LogP contribution in [0.5, 0.6) is 0 Å². The molecule has 1 aromatic rings. The molecule has 1 atom stereocenters. The van der Waals surface area contributed by atoms with Crippen LogP contribution in [0.3, 0.4) is 0 Å². The first kappa shape index (κ1) is 9.24. The fourth-order valence-corrected chi connectivity index (χ4v) is 1.93. The number of rotatable bonds is 2. The van der Waals surface area contributed by atoms with Crippen molar-refractivity contribution < 1.29 is 9.90 Å². The summed E-state index contributed by atoms with van der Waals surface area (Å²) in [5, 5.41) is 8.89. The number of carboxylic acids is 1. The fraction of sp³-hybridized carbons (Fsp3) is 0.600. The standard InChI is InChI=1S/C10H14N2O2/c1-6(2)8-4-11-9-3-7(10(13)14)5-12(8)9/h4,6-7H,3,5H2,1-2H3,(H,13,14). The molecule has 1 aliphatic heterocycles. The summed E-state index contributed by atoms with van der Waals surface area (Å²) in [5.74, 6) is 0.325. The average Bonchev–Trinajstić information content (AvgIpc) is 2.58. The van der Waals surface area contributed by atoms with Gasteiger partial charge in [-0.1, -0.05) is 13.8 Å². The highest BCUT2D eigenvalue weighted by Gasteiger charge is 2.30. The molecular weight excluding hydrogens is 180 g/mol. The molecule has 1 unspecified atom stereocenters. The van der Waals surface area contributed by atoms with Gasteiger partial charge in [-0.05, 0) is 5.92 Å². The Labute approximate surface area is 82.6 Å². The Balaban J connectivity index is 2.28. The van der Waals surface area contributed by atoms with Crippen LogP contribution in [0.15, 0.2) is 6.20 Å². The third-order valence-electron chi connectivity index (χ3n) is 2.74. The van der Waals surface area contributed by atoms with Gasteiger partial charge in [-0.3, -0.25) is 4.79 Å². The lowest BCUT2D eigenvalue weighted by Gasteiger charge is -2.08. The summed E-state index contributed by atoms with van der Waals surface area (Å²) in [4.78, 5) is 15.1. The molecule has 0 amide bonds. The highest BCUT2D eigenvalue weighted by molar-refractivity contribution is 5.70. The predicted molar refractivity (Wildman–Crippen MR) is 51.1 cm³/mol. The molecule has 4 nitrogen and oxygen atoms in total. The maximum absolute atomic E-state index is 10.8. The van der Waals surface area contributed by atoms with E-state index in [1.165, 1.54) is 0 Å². The van der Waals surface area contributed by atoms with Crippen molar-refractivity contribution in [1.82, 2.24) is 9.55 Å². The summed E-state index contributed by atoms with van der Waals surface area (Å²) < 4.78 is 2.05. The highest BCUT2D eigenvalue weighted by Crippen LogP contribution is 2.25. The molecule has 0 spiro atoms. The molecule has 2 rings (SSSR count). The molecule has 1 aromatic heterocycles. The Morgan fingerprint density at radius 1 is 1.71 bits per heavy atom.